The number of carbonyl (C=O) groups is 3. The number of amides is 1. The van der Waals surface area contributed by atoms with E-state index in [0.29, 0.717) is 35.9 Å². The predicted octanol–water partition coefficient (Wildman–Crippen LogP) is 2.23. The first-order valence-electron chi connectivity index (χ1n) is 13.1. The van der Waals surface area contributed by atoms with E-state index in [2.05, 4.69) is 32.0 Å². The molecule has 5 heterocycles. The van der Waals surface area contributed by atoms with E-state index in [1.54, 1.807) is 55.0 Å². The summed E-state index contributed by atoms with van der Waals surface area (Å²) in [6.07, 6.45) is 7.29. The third-order valence-electron chi connectivity index (χ3n) is 7.18. The van der Waals surface area contributed by atoms with Crippen molar-refractivity contribution in [3.8, 4) is 6.07 Å². The third-order valence-corrected chi connectivity index (χ3v) is 7.18. The second-order valence-electron chi connectivity index (χ2n) is 9.72. The van der Waals surface area contributed by atoms with Crippen LogP contribution < -0.4 is 20.9 Å². The Morgan fingerprint density at radius 2 is 1.86 bits per heavy atom. The molecular weight excluding hydrogens is 541 g/mol. The number of anilines is 2. The van der Waals surface area contributed by atoms with Gasteiger partial charge in [-0.15, -0.1) is 5.53 Å². The van der Waals surface area contributed by atoms with E-state index in [9.17, 15) is 18.8 Å². The van der Waals surface area contributed by atoms with Crippen molar-refractivity contribution in [2.45, 2.75) is 6.42 Å². The van der Waals surface area contributed by atoms with Gasteiger partial charge in [-0.3, -0.25) is 14.4 Å². The van der Waals surface area contributed by atoms with Gasteiger partial charge in [-0.25, -0.2) is 19.4 Å². The summed E-state index contributed by atoms with van der Waals surface area (Å²) in [7, 11) is 0. The van der Waals surface area contributed by atoms with Crippen molar-refractivity contribution < 1.29 is 18.8 Å². The Bertz CT molecular complexity index is 1790. The average Bonchev–Trinajstić information content (AvgIpc) is 3.72. The molecular formula is C29H24FN9O3. The van der Waals surface area contributed by atoms with E-state index in [1.165, 1.54) is 16.1 Å². The summed E-state index contributed by atoms with van der Waals surface area (Å²) >= 11 is 0. The molecule has 210 valence electrons. The maximum absolute atomic E-state index is 14.8. The number of Topliss-reactive ketones (excluding diaryl/α,β-unsaturated/α-hetero) is 2. The summed E-state index contributed by atoms with van der Waals surface area (Å²) in [4.78, 5) is 54.5. The summed E-state index contributed by atoms with van der Waals surface area (Å²) in [5.74, 6) is -1.63. The molecule has 0 atom stereocenters. The van der Waals surface area contributed by atoms with E-state index in [0.717, 1.165) is 11.8 Å². The zero-order valence-electron chi connectivity index (χ0n) is 22.2. The van der Waals surface area contributed by atoms with Gasteiger partial charge in [0.1, 0.15) is 5.82 Å². The van der Waals surface area contributed by atoms with Crippen LogP contribution in [0.4, 0.5) is 16.0 Å². The molecule has 0 unspecified atom stereocenters. The number of piperazine rings is 1. The SMILES string of the molecule is N#Cc1cccc(CC(=O)c2cccnc2N2CCN(C(=O)C(=O)c3c[nH]c4c(N5C=CNN5)ncc(F)c34)CC2)c1. The number of benzene rings is 1. The first-order valence-corrected chi connectivity index (χ1v) is 13.1. The lowest BCUT2D eigenvalue weighted by Crippen LogP contribution is -2.51. The van der Waals surface area contributed by atoms with Crippen LogP contribution in [0.2, 0.25) is 0 Å². The van der Waals surface area contributed by atoms with Gasteiger partial charge in [0.05, 0.1) is 39.9 Å². The zero-order chi connectivity index (χ0) is 29.2. The molecule has 4 aromatic rings. The number of nitriles is 1. The minimum absolute atomic E-state index is 0.0176. The van der Waals surface area contributed by atoms with Crippen molar-refractivity contribution in [3.63, 3.8) is 0 Å². The Kier molecular flexibility index (Phi) is 7.03. The molecule has 0 radical (unpaired) electrons. The smallest absolute Gasteiger partial charge is 0.295 e. The number of H-pyrrole nitrogens is 1. The topological polar surface area (TPSA) is 150 Å². The molecule has 2 aliphatic rings. The summed E-state index contributed by atoms with van der Waals surface area (Å²) in [5, 5.41) is 10.6. The lowest BCUT2D eigenvalue weighted by molar-refractivity contribution is -0.126. The number of nitrogens with one attached hydrogen (secondary N) is 3. The summed E-state index contributed by atoms with van der Waals surface area (Å²) in [6, 6.07) is 12.4. The molecule has 3 aromatic heterocycles. The van der Waals surface area contributed by atoms with Crippen LogP contribution in [0.15, 0.2) is 67.4 Å². The Labute approximate surface area is 239 Å². The molecule has 2 aliphatic heterocycles. The number of rotatable bonds is 7. The molecule has 42 heavy (non-hydrogen) atoms. The number of pyridine rings is 2. The number of aromatic amines is 1. The van der Waals surface area contributed by atoms with Gasteiger partial charge in [-0.2, -0.15) is 5.26 Å². The second-order valence-corrected chi connectivity index (χ2v) is 9.72. The lowest BCUT2D eigenvalue weighted by Gasteiger charge is -2.35. The highest BCUT2D eigenvalue weighted by molar-refractivity contribution is 6.45. The molecule has 1 amide bonds. The van der Waals surface area contributed by atoms with Gasteiger partial charge in [0.2, 0.25) is 0 Å². The van der Waals surface area contributed by atoms with Crippen LogP contribution in [0.5, 0.6) is 0 Å². The van der Waals surface area contributed by atoms with E-state index in [-0.39, 0.29) is 41.8 Å². The van der Waals surface area contributed by atoms with Crippen LogP contribution in [0.25, 0.3) is 10.9 Å². The van der Waals surface area contributed by atoms with Gasteiger partial charge in [-0.1, -0.05) is 12.1 Å². The maximum Gasteiger partial charge on any atom is 0.295 e. The molecule has 0 bridgehead atoms. The van der Waals surface area contributed by atoms with Crippen LogP contribution in [-0.2, 0) is 11.2 Å². The average molecular weight is 566 g/mol. The van der Waals surface area contributed by atoms with Gasteiger partial charge in [0, 0.05) is 57.4 Å². The zero-order valence-corrected chi connectivity index (χ0v) is 22.2. The maximum atomic E-state index is 14.8. The van der Waals surface area contributed by atoms with E-state index in [4.69, 9.17) is 5.26 Å². The number of aromatic nitrogens is 3. The van der Waals surface area contributed by atoms with Crippen LogP contribution >= 0.6 is 0 Å². The van der Waals surface area contributed by atoms with Crippen LogP contribution in [0.3, 0.4) is 0 Å². The van der Waals surface area contributed by atoms with E-state index in [1.807, 2.05) is 4.90 Å². The highest BCUT2D eigenvalue weighted by Gasteiger charge is 2.31. The quantitative estimate of drug-likeness (QED) is 0.225. The molecule has 3 N–H and O–H groups in total. The molecule has 0 aliphatic carbocycles. The Morgan fingerprint density at radius 3 is 2.62 bits per heavy atom. The van der Waals surface area contributed by atoms with Crippen molar-refractivity contribution in [2.75, 3.05) is 36.1 Å². The first kappa shape index (κ1) is 26.6. The number of nitrogens with zero attached hydrogens (tertiary/aromatic N) is 6. The van der Waals surface area contributed by atoms with Crippen molar-refractivity contribution in [1.29, 1.82) is 5.26 Å². The molecule has 0 saturated carbocycles. The number of hydrogen-bond donors (Lipinski definition) is 3. The van der Waals surface area contributed by atoms with Crippen molar-refractivity contribution in [1.82, 2.24) is 30.8 Å². The normalized spacial score (nSPS) is 14.6. The molecule has 1 aromatic carbocycles. The Balaban J connectivity index is 1.16. The van der Waals surface area contributed by atoms with Crippen molar-refractivity contribution >= 4 is 40.0 Å². The third kappa shape index (κ3) is 4.91. The summed E-state index contributed by atoms with van der Waals surface area (Å²) < 4.78 is 14.8. The number of fused-ring (bicyclic) bond motifs is 1. The highest BCUT2D eigenvalue weighted by atomic mass is 19.1. The number of hydrazine groups is 2. The van der Waals surface area contributed by atoms with E-state index < -0.39 is 17.5 Å². The highest BCUT2D eigenvalue weighted by Crippen LogP contribution is 2.29. The Morgan fingerprint density at radius 1 is 1.02 bits per heavy atom. The Hall–Kier alpha value is -5.61. The second kappa shape index (κ2) is 11.1. The number of hydrogen-bond acceptors (Lipinski definition) is 10. The summed E-state index contributed by atoms with van der Waals surface area (Å²) in [6.45, 7) is 1.11. The molecule has 0 spiro atoms. The molecule has 6 rings (SSSR count). The molecule has 1 saturated heterocycles. The first-order chi connectivity index (χ1) is 20.4. The van der Waals surface area contributed by atoms with Gasteiger partial charge in [0.25, 0.3) is 11.7 Å². The summed E-state index contributed by atoms with van der Waals surface area (Å²) in [5.41, 5.74) is 7.40. The van der Waals surface area contributed by atoms with Gasteiger partial charge >= 0.3 is 0 Å². The number of ketones is 2. The fourth-order valence-corrected chi connectivity index (χ4v) is 5.11. The largest absolute Gasteiger partial charge is 0.357 e. The number of halogens is 1. The van der Waals surface area contributed by atoms with Crippen molar-refractivity contribution in [3.05, 3.63) is 95.5 Å². The van der Waals surface area contributed by atoms with E-state index >= 15 is 0 Å². The molecule has 13 heteroatoms. The number of carbonyl (C=O) groups excluding carboxylic acids is 3. The van der Waals surface area contributed by atoms with Gasteiger partial charge in [-0.05, 0) is 29.8 Å². The monoisotopic (exact) mass is 565 g/mol. The molecule has 1 fully saturated rings. The van der Waals surface area contributed by atoms with Gasteiger partial charge < -0.3 is 20.2 Å². The van der Waals surface area contributed by atoms with Crippen LogP contribution in [0, 0.1) is 17.1 Å². The minimum atomic E-state index is -0.831. The van der Waals surface area contributed by atoms with Crippen LogP contribution in [0.1, 0.15) is 31.8 Å². The minimum Gasteiger partial charge on any atom is -0.357 e. The fourth-order valence-electron chi connectivity index (χ4n) is 5.11. The van der Waals surface area contributed by atoms with Crippen molar-refractivity contribution in [2.24, 2.45) is 0 Å². The lowest BCUT2D eigenvalue weighted by atomic mass is 10.0. The predicted molar refractivity (Wildman–Crippen MR) is 150 cm³/mol. The molecule has 12 nitrogen and oxygen atoms in total. The van der Waals surface area contributed by atoms with Gasteiger partial charge in [0.15, 0.2) is 17.4 Å². The fraction of sp³-hybridized carbons (Fsp3) is 0.172. The standard InChI is InChI=1S/C29H24FN9O3/c30-22-17-34-28(39-8-7-35-36-39)25-24(22)21(16-33-25)26(41)29(42)38-11-9-37(10-12-38)27-20(5-2-6-32-27)23(40)14-18-3-1-4-19(13-18)15-31/h1-8,13,16-17,33,35-36H,9-12,14H2. The van der Waals surface area contributed by atoms with Crippen LogP contribution in [-0.4, -0.2) is 63.5 Å².